The van der Waals surface area contributed by atoms with Gasteiger partial charge in [-0.2, -0.15) is 0 Å². The van der Waals surface area contributed by atoms with Crippen LogP contribution in [-0.2, 0) is 17.8 Å². The van der Waals surface area contributed by atoms with Gasteiger partial charge in [-0.25, -0.2) is 9.78 Å². The van der Waals surface area contributed by atoms with Crippen molar-refractivity contribution in [2.45, 2.75) is 26.3 Å². The molecule has 0 spiro atoms. The molecule has 1 aliphatic heterocycles. The summed E-state index contributed by atoms with van der Waals surface area (Å²) in [5.41, 5.74) is 2.20. The van der Waals surface area contributed by atoms with Gasteiger partial charge in [0.1, 0.15) is 11.6 Å². The third kappa shape index (κ3) is 3.56. The van der Waals surface area contributed by atoms with E-state index in [1.165, 1.54) is 16.2 Å². The summed E-state index contributed by atoms with van der Waals surface area (Å²) in [4.78, 5) is 35.8. The first-order chi connectivity index (χ1) is 11.1. The molecule has 120 valence electrons. The first kappa shape index (κ1) is 15.6. The van der Waals surface area contributed by atoms with E-state index >= 15 is 0 Å². The van der Waals surface area contributed by atoms with E-state index < -0.39 is 0 Å². The Hall–Kier alpha value is -2.28. The molecular weight excluding hydrogens is 312 g/mol. The molecule has 6 nitrogen and oxygen atoms in total. The Morgan fingerprint density at radius 3 is 2.87 bits per heavy atom. The van der Waals surface area contributed by atoms with E-state index in [-0.39, 0.29) is 25.0 Å². The Morgan fingerprint density at radius 1 is 1.26 bits per heavy atom. The van der Waals surface area contributed by atoms with E-state index in [0.29, 0.717) is 6.54 Å². The molecule has 0 radical (unpaired) electrons. The van der Waals surface area contributed by atoms with Crippen LogP contribution in [0.2, 0.25) is 0 Å². The molecule has 0 aromatic carbocycles. The standard InChI is InChI=1S/C16H18N4O2S/c1-12-4-2-6-17-13(12)5-3-8-19-11-15(21)20(16(19)22)10-14-18-7-9-23-14/h2,4,6-7,9H,3,5,8,10-11H2,1H3. The van der Waals surface area contributed by atoms with Gasteiger partial charge in [0, 0.05) is 30.0 Å². The second kappa shape index (κ2) is 6.87. The molecule has 3 amide bonds. The van der Waals surface area contributed by atoms with Crippen LogP contribution in [0.25, 0.3) is 0 Å². The number of imide groups is 1. The highest BCUT2D eigenvalue weighted by atomic mass is 32.1. The fourth-order valence-electron chi connectivity index (χ4n) is 2.61. The van der Waals surface area contributed by atoms with Crippen LogP contribution in [-0.4, -0.2) is 44.8 Å². The van der Waals surface area contributed by atoms with Crippen molar-refractivity contribution < 1.29 is 9.59 Å². The first-order valence-electron chi connectivity index (χ1n) is 7.53. The molecule has 0 N–H and O–H groups in total. The molecule has 0 saturated carbocycles. The van der Waals surface area contributed by atoms with Crippen molar-refractivity contribution >= 4 is 23.3 Å². The molecule has 1 aliphatic rings. The maximum Gasteiger partial charge on any atom is 0.327 e. The van der Waals surface area contributed by atoms with Crippen LogP contribution in [0.5, 0.6) is 0 Å². The number of rotatable bonds is 6. The third-order valence-electron chi connectivity index (χ3n) is 3.86. The van der Waals surface area contributed by atoms with Gasteiger partial charge in [-0.05, 0) is 31.4 Å². The van der Waals surface area contributed by atoms with Crippen molar-refractivity contribution in [3.05, 3.63) is 46.2 Å². The van der Waals surface area contributed by atoms with Crippen LogP contribution >= 0.6 is 11.3 Å². The SMILES string of the molecule is Cc1cccnc1CCCN1CC(=O)N(Cc2nccs2)C1=O. The number of nitrogens with zero attached hydrogens (tertiary/aromatic N) is 4. The third-order valence-corrected chi connectivity index (χ3v) is 4.63. The minimum atomic E-state index is -0.219. The largest absolute Gasteiger partial charge is 0.327 e. The van der Waals surface area contributed by atoms with Crippen LogP contribution in [0.15, 0.2) is 29.9 Å². The van der Waals surface area contributed by atoms with E-state index in [1.807, 2.05) is 24.4 Å². The lowest BCUT2D eigenvalue weighted by Gasteiger charge is -2.16. The Labute approximate surface area is 138 Å². The topological polar surface area (TPSA) is 66.4 Å². The zero-order chi connectivity index (χ0) is 16.2. The zero-order valence-corrected chi connectivity index (χ0v) is 13.8. The van der Waals surface area contributed by atoms with Gasteiger partial charge >= 0.3 is 6.03 Å². The summed E-state index contributed by atoms with van der Waals surface area (Å²) in [7, 11) is 0. The number of carbonyl (C=O) groups excluding carboxylic acids is 2. The highest BCUT2D eigenvalue weighted by Gasteiger charge is 2.35. The monoisotopic (exact) mass is 330 g/mol. The van der Waals surface area contributed by atoms with E-state index in [4.69, 9.17) is 0 Å². The molecule has 0 atom stereocenters. The fourth-order valence-corrected chi connectivity index (χ4v) is 3.21. The smallest absolute Gasteiger partial charge is 0.315 e. The van der Waals surface area contributed by atoms with Crippen LogP contribution < -0.4 is 0 Å². The number of aromatic nitrogens is 2. The molecular formula is C16H18N4O2S. The summed E-state index contributed by atoms with van der Waals surface area (Å²) in [6.07, 6.45) is 5.06. The lowest BCUT2D eigenvalue weighted by atomic mass is 10.1. The Balaban J connectivity index is 1.54. The van der Waals surface area contributed by atoms with Crippen LogP contribution in [0, 0.1) is 6.92 Å². The number of hydrogen-bond acceptors (Lipinski definition) is 5. The average Bonchev–Trinajstić information content (AvgIpc) is 3.14. The van der Waals surface area contributed by atoms with Gasteiger partial charge < -0.3 is 4.90 Å². The van der Waals surface area contributed by atoms with Gasteiger partial charge in [-0.3, -0.25) is 14.7 Å². The summed E-state index contributed by atoms with van der Waals surface area (Å²) < 4.78 is 0. The number of thiazole rings is 1. The molecule has 0 unspecified atom stereocenters. The quantitative estimate of drug-likeness (QED) is 0.762. The zero-order valence-electron chi connectivity index (χ0n) is 12.9. The molecule has 7 heteroatoms. The molecule has 23 heavy (non-hydrogen) atoms. The molecule has 1 fully saturated rings. The van der Waals surface area contributed by atoms with Crippen molar-refractivity contribution in [2.75, 3.05) is 13.1 Å². The minimum absolute atomic E-state index is 0.154. The predicted molar refractivity (Wildman–Crippen MR) is 86.9 cm³/mol. The second-order valence-corrected chi connectivity index (χ2v) is 6.46. The normalized spacial score (nSPS) is 14.8. The summed E-state index contributed by atoms with van der Waals surface area (Å²) in [6.45, 7) is 3.02. The van der Waals surface area contributed by atoms with E-state index in [1.54, 1.807) is 17.3 Å². The summed E-state index contributed by atoms with van der Waals surface area (Å²) in [6, 6.07) is 3.73. The Morgan fingerprint density at radius 2 is 2.13 bits per heavy atom. The number of hydrogen-bond donors (Lipinski definition) is 0. The van der Waals surface area contributed by atoms with Crippen molar-refractivity contribution in [1.82, 2.24) is 19.8 Å². The lowest BCUT2D eigenvalue weighted by molar-refractivity contribution is -0.125. The molecule has 2 aromatic rings. The van der Waals surface area contributed by atoms with Crippen LogP contribution in [0.3, 0.4) is 0 Å². The number of aryl methyl sites for hydroxylation is 2. The van der Waals surface area contributed by atoms with E-state index in [0.717, 1.165) is 29.1 Å². The van der Waals surface area contributed by atoms with Gasteiger partial charge in [0.15, 0.2) is 0 Å². The molecule has 0 aliphatic carbocycles. The molecule has 2 aromatic heterocycles. The fraction of sp³-hybridized carbons (Fsp3) is 0.375. The summed E-state index contributed by atoms with van der Waals surface area (Å²) >= 11 is 1.45. The summed E-state index contributed by atoms with van der Waals surface area (Å²) in [5.74, 6) is -0.154. The van der Waals surface area contributed by atoms with Gasteiger partial charge in [0.05, 0.1) is 6.54 Å². The van der Waals surface area contributed by atoms with Gasteiger partial charge in [0.25, 0.3) is 5.91 Å². The number of amides is 3. The molecule has 3 heterocycles. The maximum atomic E-state index is 12.3. The van der Waals surface area contributed by atoms with E-state index in [2.05, 4.69) is 9.97 Å². The Kier molecular flexibility index (Phi) is 4.66. The highest BCUT2D eigenvalue weighted by Crippen LogP contribution is 2.17. The molecule has 1 saturated heterocycles. The highest BCUT2D eigenvalue weighted by molar-refractivity contribution is 7.09. The number of urea groups is 1. The van der Waals surface area contributed by atoms with E-state index in [9.17, 15) is 9.59 Å². The average molecular weight is 330 g/mol. The first-order valence-corrected chi connectivity index (χ1v) is 8.41. The molecule has 3 rings (SSSR count). The van der Waals surface area contributed by atoms with Crippen molar-refractivity contribution in [2.24, 2.45) is 0 Å². The minimum Gasteiger partial charge on any atom is -0.315 e. The van der Waals surface area contributed by atoms with Crippen molar-refractivity contribution in [3.63, 3.8) is 0 Å². The van der Waals surface area contributed by atoms with Gasteiger partial charge in [0.2, 0.25) is 0 Å². The van der Waals surface area contributed by atoms with Crippen molar-refractivity contribution in [1.29, 1.82) is 0 Å². The number of pyridine rings is 1. The van der Waals surface area contributed by atoms with Crippen LogP contribution in [0.4, 0.5) is 4.79 Å². The second-order valence-electron chi connectivity index (χ2n) is 5.48. The van der Waals surface area contributed by atoms with Gasteiger partial charge in [-0.15, -0.1) is 11.3 Å². The van der Waals surface area contributed by atoms with Crippen LogP contribution in [0.1, 0.15) is 22.7 Å². The van der Waals surface area contributed by atoms with Gasteiger partial charge in [-0.1, -0.05) is 6.07 Å². The Bertz CT molecular complexity index is 702. The number of carbonyl (C=O) groups is 2. The molecule has 0 bridgehead atoms. The van der Waals surface area contributed by atoms with Crippen molar-refractivity contribution in [3.8, 4) is 0 Å². The lowest BCUT2D eigenvalue weighted by Crippen LogP contribution is -2.33. The summed E-state index contributed by atoms with van der Waals surface area (Å²) in [5, 5.41) is 2.62. The predicted octanol–water partition coefficient (Wildman–Crippen LogP) is 2.24. The maximum absolute atomic E-state index is 12.3.